The summed E-state index contributed by atoms with van der Waals surface area (Å²) >= 11 is 0. The van der Waals surface area contributed by atoms with Gasteiger partial charge in [-0.1, -0.05) is 194 Å². The van der Waals surface area contributed by atoms with Gasteiger partial charge in [0, 0.05) is 12.8 Å². The lowest BCUT2D eigenvalue weighted by molar-refractivity contribution is -0.870. The molecule has 0 rings (SSSR count). The molecule has 54 heavy (non-hydrogen) atoms. The molecule has 0 spiro atoms. The van der Waals surface area contributed by atoms with Crippen molar-refractivity contribution in [3.8, 4) is 0 Å². The summed E-state index contributed by atoms with van der Waals surface area (Å²) in [6, 6.07) is 0. The van der Waals surface area contributed by atoms with E-state index in [-0.39, 0.29) is 32.0 Å². The van der Waals surface area contributed by atoms with Crippen molar-refractivity contribution >= 4 is 19.8 Å². The minimum atomic E-state index is -4.61. The van der Waals surface area contributed by atoms with Gasteiger partial charge in [-0.05, 0) is 12.8 Å². The van der Waals surface area contributed by atoms with Crippen LogP contribution in [0.2, 0.25) is 0 Å². The fourth-order valence-electron chi connectivity index (χ4n) is 6.54. The number of phosphoric ester groups is 1. The molecular weight excluding hydrogens is 701 g/mol. The highest BCUT2D eigenvalue weighted by molar-refractivity contribution is 7.45. The molecule has 0 aliphatic heterocycles. The van der Waals surface area contributed by atoms with Crippen LogP contribution in [0.25, 0.3) is 0 Å². The third-order valence-corrected chi connectivity index (χ3v) is 11.1. The molecule has 0 N–H and O–H groups in total. The van der Waals surface area contributed by atoms with Gasteiger partial charge in [-0.3, -0.25) is 14.2 Å². The zero-order valence-electron chi connectivity index (χ0n) is 36.2. The van der Waals surface area contributed by atoms with Crippen molar-refractivity contribution in [1.29, 1.82) is 0 Å². The Morgan fingerprint density at radius 1 is 0.500 bits per heavy atom. The first-order valence-corrected chi connectivity index (χ1v) is 24.2. The summed E-state index contributed by atoms with van der Waals surface area (Å²) in [5, 5.41) is 0. The van der Waals surface area contributed by atoms with E-state index in [9.17, 15) is 19.0 Å². The van der Waals surface area contributed by atoms with E-state index in [4.69, 9.17) is 18.5 Å². The number of phosphoric acid groups is 1. The smallest absolute Gasteiger partial charge is 0.306 e. The molecule has 0 bridgehead atoms. The molecule has 9 nitrogen and oxygen atoms in total. The van der Waals surface area contributed by atoms with Crippen LogP contribution < -0.4 is 4.89 Å². The zero-order valence-corrected chi connectivity index (χ0v) is 37.1. The summed E-state index contributed by atoms with van der Waals surface area (Å²) in [6.07, 6.45) is 37.5. The summed E-state index contributed by atoms with van der Waals surface area (Å²) in [4.78, 5) is 37.2. The lowest BCUT2D eigenvalue weighted by Gasteiger charge is -2.28. The average Bonchev–Trinajstić information content (AvgIpc) is 3.12. The molecule has 2 atom stereocenters. The minimum Gasteiger partial charge on any atom is -0.756 e. The second-order valence-electron chi connectivity index (χ2n) is 16.8. The lowest BCUT2D eigenvalue weighted by Crippen LogP contribution is -2.37. The number of ether oxygens (including phenoxy) is 2. The molecule has 0 fully saturated rings. The zero-order chi connectivity index (χ0) is 40.0. The highest BCUT2D eigenvalue weighted by Crippen LogP contribution is 2.38. The SMILES string of the molecule is CCCCCCCCCCCCCCCCCCCCCCCCCCC(=O)OC(COC(=O)CCCCCCCC)COP(=O)([O-])OCC[N+](C)(C)C. The van der Waals surface area contributed by atoms with E-state index >= 15 is 0 Å². The molecule has 0 aliphatic rings. The van der Waals surface area contributed by atoms with Crippen LogP contribution in [0.5, 0.6) is 0 Å². The van der Waals surface area contributed by atoms with Crippen LogP contribution in [-0.2, 0) is 32.7 Å². The second-order valence-corrected chi connectivity index (χ2v) is 18.2. The van der Waals surface area contributed by atoms with Crippen LogP contribution in [0, 0.1) is 0 Å². The van der Waals surface area contributed by atoms with E-state index in [1.54, 1.807) is 0 Å². The van der Waals surface area contributed by atoms with Gasteiger partial charge in [0.2, 0.25) is 0 Å². The molecule has 0 aromatic rings. The largest absolute Gasteiger partial charge is 0.756 e. The fraction of sp³-hybridized carbons (Fsp3) is 0.955. The van der Waals surface area contributed by atoms with E-state index < -0.39 is 26.5 Å². The van der Waals surface area contributed by atoms with Gasteiger partial charge < -0.3 is 27.9 Å². The number of likely N-dealkylation sites (N-methyl/N-ethyl adjacent to an activating group) is 1. The maximum Gasteiger partial charge on any atom is 0.306 e. The monoisotopic (exact) mass is 790 g/mol. The predicted octanol–water partition coefficient (Wildman–Crippen LogP) is 12.2. The van der Waals surface area contributed by atoms with Crippen molar-refractivity contribution in [2.75, 3.05) is 47.5 Å². The second kappa shape index (κ2) is 37.6. The Morgan fingerprint density at radius 2 is 0.833 bits per heavy atom. The molecule has 0 aliphatic carbocycles. The molecule has 0 aromatic carbocycles. The minimum absolute atomic E-state index is 0.0263. The molecular formula is C44H88NO8P. The number of unbranched alkanes of at least 4 members (excludes halogenated alkanes) is 28. The van der Waals surface area contributed by atoms with Gasteiger partial charge in [0.25, 0.3) is 7.82 Å². The fourth-order valence-corrected chi connectivity index (χ4v) is 7.27. The molecule has 0 heterocycles. The Bertz CT molecular complexity index is 896. The Hall–Kier alpha value is -0.990. The van der Waals surface area contributed by atoms with Gasteiger partial charge in [0.1, 0.15) is 19.8 Å². The first-order valence-electron chi connectivity index (χ1n) is 22.7. The highest BCUT2D eigenvalue weighted by atomic mass is 31.2. The van der Waals surface area contributed by atoms with Gasteiger partial charge in [0.15, 0.2) is 6.10 Å². The van der Waals surface area contributed by atoms with Crippen LogP contribution in [0.1, 0.15) is 219 Å². The number of esters is 2. The van der Waals surface area contributed by atoms with Gasteiger partial charge in [0.05, 0.1) is 27.7 Å². The van der Waals surface area contributed by atoms with Crippen molar-refractivity contribution in [3.05, 3.63) is 0 Å². The molecule has 0 amide bonds. The van der Waals surface area contributed by atoms with Crippen molar-refractivity contribution < 1.29 is 42.1 Å². The standard InChI is InChI=1S/C44H88NO8P/c1-6-8-10-12-14-15-16-17-18-19-20-21-22-23-24-25-26-27-28-29-30-31-33-35-37-44(47)53-42(40-50-43(46)36-34-32-13-11-9-7-2)41-52-54(48,49)51-39-38-45(3,4)5/h42H,6-41H2,1-5H3. The van der Waals surface area contributed by atoms with Crippen molar-refractivity contribution in [3.63, 3.8) is 0 Å². The first-order chi connectivity index (χ1) is 26.0. The van der Waals surface area contributed by atoms with Crippen LogP contribution in [0.3, 0.4) is 0 Å². The number of rotatable bonds is 42. The number of carbonyl (C=O) groups excluding carboxylic acids is 2. The van der Waals surface area contributed by atoms with Gasteiger partial charge in [-0.2, -0.15) is 0 Å². The number of hydrogen-bond acceptors (Lipinski definition) is 8. The van der Waals surface area contributed by atoms with Gasteiger partial charge >= 0.3 is 11.9 Å². The van der Waals surface area contributed by atoms with E-state index in [0.29, 0.717) is 17.4 Å². The Morgan fingerprint density at radius 3 is 1.19 bits per heavy atom. The van der Waals surface area contributed by atoms with Crippen molar-refractivity contribution in [2.45, 2.75) is 225 Å². The summed E-state index contributed by atoms with van der Waals surface area (Å²) in [5.74, 6) is -0.831. The Labute approximate surface area is 334 Å². The van der Waals surface area contributed by atoms with Crippen LogP contribution in [0.15, 0.2) is 0 Å². The average molecular weight is 790 g/mol. The van der Waals surface area contributed by atoms with E-state index in [2.05, 4.69) is 13.8 Å². The van der Waals surface area contributed by atoms with Gasteiger partial charge in [-0.25, -0.2) is 0 Å². The maximum atomic E-state index is 12.6. The molecule has 10 heteroatoms. The summed E-state index contributed by atoms with van der Waals surface area (Å²) in [5.41, 5.74) is 0. The van der Waals surface area contributed by atoms with E-state index in [1.165, 1.54) is 148 Å². The normalized spacial score (nSPS) is 13.5. The number of hydrogen-bond donors (Lipinski definition) is 0. The van der Waals surface area contributed by atoms with Crippen molar-refractivity contribution in [2.24, 2.45) is 0 Å². The summed E-state index contributed by atoms with van der Waals surface area (Å²) in [7, 11) is 1.18. The molecule has 0 saturated carbocycles. The number of quaternary nitrogens is 1. The first kappa shape index (κ1) is 53.0. The Kier molecular flexibility index (Phi) is 36.9. The molecule has 0 saturated heterocycles. The van der Waals surface area contributed by atoms with E-state index in [1.807, 2.05) is 21.1 Å². The topological polar surface area (TPSA) is 111 Å². The third kappa shape index (κ3) is 40.7. The molecule has 0 aromatic heterocycles. The molecule has 322 valence electrons. The maximum absolute atomic E-state index is 12.6. The number of carbonyl (C=O) groups is 2. The van der Waals surface area contributed by atoms with Crippen LogP contribution >= 0.6 is 7.82 Å². The number of nitrogens with zero attached hydrogens (tertiary/aromatic N) is 1. The lowest BCUT2D eigenvalue weighted by atomic mass is 10.0. The Balaban J connectivity index is 4.03. The van der Waals surface area contributed by atoms with Gasteiger partial charge in [-0.15, -0.1) is 0 Å². The summed E-state index contributed by atoms with van der Waals surface area (Å²) in [6.45, 7) is 4.19. The third-order valence-electron chi connectivity index (χ3n) is 10.1. The summed E-state index contributed by atoms with van der Waals surface area (Å²) < 4.78 is 33.7. The molecule has 2 unspecified atom stereocenters. The highest BCUT2D eigenvalue weighted by Gasteiger charge is 2.21. The van der Waals surface area contributed by atoms with E-state index in [0.717, 1.165) is 38.5 Å². The molecule has 0 radical (unpaired) electrons. The van der Waals surface area contributed by atoms with Crippen LogP contribution in [-0.4, -0.2) is 70.0 Å². The van der Waals surface area contributed by atoms with Crippen LogP contribution in [0.4, 0.5) is 0 Å². The van der Waals surface area contributed by atoms with Crippen molar-refractivity contribution in [1.82, 2.24) is 0 Å². The quantitative estimate of drug-likeness (QED) is 0.0260. The predicted molar refractivity (Wildman–Crippen MR) is 222 cm³/mol.